The quantitative estimate of drug-likeness (QED) is 0.341. The van der Waals surface area contributed by atoms with Crippen LogP contribution in [-0.2, 0) is 9.53 Å². The van der Waals surface area contributed by atoms with Crippen LogP contribution < -0.4 is 5.32 Å². The van der Waals surface area contributed by atoms with Gasteiger partial charge in [-0.3, -0.25) is 4.79 Å². The van der Waals surface area contributed by atoms with Crippen molar-refractivity contribution in [2.75, 3.05) is 11.9 Å². The summed E-state index contributed by atoms with van der Waals surface area (Å²) in [7, 11) is 0. The highest BCUT2D eigenvalue weighted by molar-refractivity contribution is 7.15. The Balaban J connectivity index is 2.08. The molecule has 1 heterocycles. The fourth-order valence-electron chi connectivity index (χ4n) is 3.06. The second-order valence-corrected chi connectivity index (χ2v) is 7.89. The molecule has 2 rings (SSSR count). The number of nitrogens with one attached hydrogen (secondary N) is 1. The number of amides is 1. The van der Waals surface area contributed by atoms with Crippen LogP contribution in [0.4, 0.5) is 5.00 Å². The summed E-state index contributed by atoms with van der Waals surface area (Å²) < 4.78 is 5.25. The zero-order chi connectivity index (χ0) is 20.4. The summed E-state index contributed by atoms with van der Waals surface area (Å²) in [5.74, 6) is -0.437. The molecule has 0 fully saturated rings. The average Bonchev–Trinajstić information content (AvgIpc) is 3.09. The van der Waals surface area contributed by atoms with Gasteiger partial charge in [-0.05, 0) is 25.8 Å². The molecule has 0 radical (unpaired) electrons. The first-order valence-corrected chi connectivity index (χ1v) is 11.1. The predicted molar refractivity (Wildman–Crippen MR) is 117 cm³/mol. The van der Waals surface area contributed by atoms with Gasteiger partial charge < -0.3 is 10.1 Å². The number of benzene rings is 1. The molecule has 0 aliphatic carbocycles. The van der Waals surface area contributed by atoms with Crippen LogP contribution in [0.15, 0.2) is 29.6 Å². The van der Waals surface area contributed by atoms with Gasteiger partial charge in [0, 0.05) is 17.4 Å². The van der Waals surface area contributed by atoms with E-state index in [4.69, 9.17) is 4.74 Å². The van der Waals surface area contributed by atoms with Crippen molar-refractivity contribution < 1.29 is 14.3 Å². The number of unbranched alkanes of at least 4 members (excludes halogenated alkanes) is 5. The highest BCUT2D eigenvalue weighted by Crippen LogP contribution is 2.36. The van der Waals surface area contributed by atoms with Crippen molar-refractivity contribution in [1.29, 1.82) is 0 Å². The van der Waals surface area contributed by atoms with Gasteiger partial charge >= 0.3 is 5.97 Å². The van der Waals surface area contributed by atoms with Crippen LogP contribution >= 0.6 is 11.3 Å². The molecule has 0 saturated carbocycles. The summed E-state index contributed by atoms with van der Waals surface area (Å²) in [4.78, 5) is 24.9. The number of carbonyl (C=O) groups is 2. The fraction of sp³-hybridized carbons (Fsp3) is 0.478. The topological polar surface area (TPSA) is 55.4 Å². The summed E-state index contributed by atoms with van der Waals surface area (Å²) in [6.07, 6.45) is 7.30. The van der Waals surface area contributed by atoms with E-state index in [-0.39, 0.29) is 5.91 Å². The minimum absolute atomic E-state index is 0.0432. The molecular formula is C23H31NO3S. The van der Waals surface area contributed by atoms with E-state index >= 15 is 0 Å². The van der Waals surface area contributed by atoms with Gasteiger partial charge in [0.05, 0.1) is 6.61 Å². The largest absolute Gasteiger partial charge is 0.462 e. The summed E-state index contributed by atoms with van der Waals surface area (Å²) in [6.45, 7) is 6.30. The average molecular weight is 402 g/mol. The molecule has 0 bridgehead atoms. The van der Waals surface area contributed by atoms with Gasteiger partial charge in [-0.1, -0.05) is 68.9 Å². The molecular weight excluding hydrogens is 370 g/mol. The van der Waals surface area contributed by atoms with Crippen LogP contribution in [0.1, 0.15) is 74.7 Å². The number of anilines is 1. The van der Waals surface area contributed by atoms with E-state index in [9.17, 15) is 9.59 Å². The maximum Gasteiger partial charge on any atom is 0.341 e. The molecule has 0 saturated heterocycles. The maximum atomic E-state index is 12.6. The number of hydrogen-bond donors (Lipinski definition) is 1. The smallest absolute Gasteiger partial charge is 0.341 e. The normalized spacial score (nSPS) is 10.7. The Kier molecular flexibility index (Phi) is 9.21. The lowest BCUT2D eigenvalue weighted by molar-refractivity contribution is -0.116. The molecule has 1 aromatic heterocycles. The van der Waals surface area contributed by atoms with E-state index in [1.54, 1.807) is 6.92 Å². The Morgan fingerprint density at radius 2 is 1.68 bits per heavy atom. The molecule has 2 aromatic rings. The summed E-state index contributed by atoms with van der Waals surface area (Å²) in [6, 6.07) is 8.00. The van der Waals surface area contributed by atoms with E-state index in [1.807, 2.05) is 36.6 Å². The first kappa shape index (κ1) is 22.2. The van der Waals surface area contributed by atoms with Crippen LogP contribution in [0, 0.1) is 6.92 Å². The van der Waals surface area contributed by atoms with Crippen LogP contribution in [-0.4, -0.2) is 18.5 Å². The molecule has 0 aliphatic heterocycles. The maximum absolute atomic E-state index is 12.6. The van der Waals surface area contributed by atoms with E-state index < -0.39 is 5.97 Å². The molecule has 5 heteroatoms. The Bertz CT molecular complexity index is 765. The third-order valence-electron chi connectivity index (χ3n) is 4.64. The molecule has 0 atom stereocenters. The lowest BCUT2D eigenvalue weighted by Crippen LogP contribution is -2.14. The Hall–Kier alpha value is -2.14. The van der Waals surface area contributed by atoms with Gasteiger partial charge in [0.2, 0.25) is 5.91 Å². The van der Waals surface area contributed by atoms with Gasteiger partial charge in [0.15, 0.2) is 0 Å². The summed E-state index contributed by atoms with van der Waals surface area (Å²) >= 11 is 1.38. The molecule has 0 spiro atoms. The predicted octanol–water partition coefficient (Wildman–Crippen LogP) is 6.59. The number of esters is 1. The third-order valence-corrected chi connectivity index (χ3v) is 5.54. The highest BCUT2D eigenvalue weighted by Gasteiger charge is 2.22. The highest BCUT2D eigenvalue weighted by atomic mass is 32.1. The third kappa shape index (κ3) is 6.48. The fourth-order valence-corrected chi connectivity index (χ4v) is 4.03. The number of rotatable bonds is 11. The van der Waals surface area contributed by atoms with E-state index in [1.165, 1.54) is 37.0 Å². The second kappa shape index (κ2) is 11.6. The van der Waals surface area contributed by atoms with Crippen molar-refractivity contribution in [3.8, 4) is 11.1 Å². The van der Waals surface area contributed by atoms with Crippen molar-refractivity contribution in [3.05, 3.63) is 40.8 Å². The number of thiophene rings is 1. The number of aryl methyl sites for hydroxylation is 1. The van der Waals surface area contributed by atoms with Gasteiger partial charge in [0.25, 0.3) is 0 Å². The molecule has 28 heavy (non-hydrogen) atoms. The van der Waals surface area contributed by atoms with E-state index in [0.717, 1.165) is 29.5 Å². The van der Waals surface area contributed by atoms with Crippen LogP contribution in [0.3, 0.4) is 0 Å². The van der Waals surface area contributed by atoms with Crippen LogP contribution in [0.5, 0.6) is 0 Å². The summed E-state index contributed by atoms with van der Waals surface area (Å²) in [5.41, 5.74) is 3.36. The Labute approximate surface area is 172 Å². The minimum atomic E-state index is -0.394. The molecule has 152 valence electrons. The first-order chi connectivity index (χ1) is 13.6. The van der Waals surface area contributed by atoms with Crippen LogP contribution in [0.2, 0.25) is 0 Å². The zero-order valence-corrected chi connectivity index (χ0v) is 18.0. The molecule has 1 aromatic carbocycles. The zero-order valence-electron chi connectivity index (χ0n) is 17.2. The molecule has 0 unspecified atom stereocenters. The van der Waals surface area contributed by atoms with Crippen molar-refractivity contribution in [2.24, 2.45) is 0 Å². The lowest BCUT2D eigenvalue weighted by Gasteiger charge is -2.09. The van der Waals surface area contributed by atoms with Gasteiger partial charge in [0.1, 0.15) is 10.6 Å². The first-order valence-electron chi connectivity index (χ1n) is 10.2. The van der Waals surface area contributed by atoms with E-state index in [0.29, 0.717) is 23.6 Å². The van der Waals surface area contributed by atoms with Crippen LogP contribution in [0.25, 0.3) is 11.1 Å². The monoisotopic (exact) mass is 401 g/mol. The van der Waals surface area contributed by atoms with Gasteiger partial charge in [-0.15, -0.1) is 11.3 Å². The summed E-state index contributed by atoms with van der Waals surface area (Å²) in [5, 5.41) is 5.42. The SMILES string of the molecule is CCCCCCCCC(=O)Nc1scc(-c2ccc(C)cc2)c1C(=O)OCC. The van der Waals surface area contributed by atoms with Crippen molar-refractivity contribution >= 4 is 28.2 Å². The Morgan fingerprint density at radius 3 is 2.36 bits per heavy atom. The molecule has 4 nitrogen and oxygen atoms in total. The number of ether oxygens (including phenoxy) is 1. The minimum Gasteiger partial charge on any atom is -0.462 e. The van der Waals surface area contributed by atoms with Crippen molar-refractivity contribution in [3.63, 3.8) is 0 Å². The lowest BCUT2D eigenvalue weighted by atomic mass is 10.0. The number of hydrogen-bond acceptors (Lipinski definition) is 4. The molecule has 1 amide bonds. The number of carbonyl (C=O) groups excluding carboxylic acids is 2. The van der Waals surface area contributed by atoms with Gasteiger partial charge in [-0.2, -0.15) is 0 Å². The van der Waals surface area contributed by atoms with Gasteiger partial charge in [-0.25, -0.2) is 4.79 Å². The second-order valence-electron chi connectivity index (χ2n) is 7.01. The van der Waals surface area contributed by atoms with Crippen molar-refractivity contribution in [2.45, 2.75) is 65.7 Å². The molecule has 1 N–H and O–H groups in total. The Morgan fingerprint density at radius 1 is 1.00 bits per heavy atom. The van der Waals surface area contributed by atoms with E-state index in [2.05, 4.69) is 12.2 Å². The molecule has 0 aliphatic rings. The van der Waals surface area contributed by atoms with Crippen molar-refractivity contribution in [1.82, 2.24) is 0 Å². The standard InChI is InChI=1S/C23H31NO3S/c1-4-6-7-8-9-10-11-20(25)24-22-21(23(26)27-5-2)19(16-28-22)18-14-12-17(3)13-15-18/h12-16H,4-11H2,1-3H3,(H,24,25).